The molecule has 1 aromatic rings. The molecule has 144 valence electrons. The summed E-state index contributed by atoms with van der Waals surface area (Å²) in [6.45, 7) is 8.96. The Morgan fingerprint density at radius 3 is 3.04 bits per heavy atom. The van der Waals surface area contributed by atoms with Crippen LogP contribution in [-0.2, 0) is 15.9 Å². The van der Waals surface area contributed by atoms with Crippen molar-refractivity contribution in [2.45, 2.75) is 45.6 Å². The van der Waals surface area contributed by atoms with E-state index in [1.165, 1.54) is 9.88 Å². The third-order valence-electron chi connectivity index (χ3n) is 3.69. The van der Waals surface area contributed by atoms with Gasteiger partial charge in [0.15, 0.2) is 5.96 Å². The summed E-state index contributed by atoms with van der Waals surface area (Å²) in [4.78, 5) is 10.2. The third kappa shape index (κ3) is 9.72. The number of nitrogens with one attached hydrogen (secondary N) is 2. The fourth-order valence-electron chi connectivity index (χ4n) is 2.49. The van der Waals surface area contributed by atoms with Crippen LogP contribution in [0, 0.1) is 6.92 Å². The Bertz CT molecular complexity index is 493. The zero-order valence-corrected chi connectivity index (χ0v) is 18.4. The first-order valence-corrected chi connectivity index (χ1v) is 9.72. The molecule has 2 rings (SSSR count). The monoisotopic (exact) mass is 482 g/mol. The van der Waals surface area contributed by atoms with Crippen molar-refractivity contribution in [2.75, 3.05) is 39.5 Å². The van der Waals surface area contributed by atoms with Gasteiger partial charge in [-0.25, -0.2) is 4.98 Å². The number of hydrogen-bond acceptors (Lipinski definition) is 5. The van der Waals surface area contributed by atoms with Crippen LogP contribution in [0.15, 0.2) is 11.2 Å². The summed E-state index contributed by atoms with van der Waals surface area (Å²) >= 11 is 1.75. The molecule has 1 aliphatic rings. The van der Waals surface area contributed by atoms with E-state index < -0.39 is 0 Å². The second kappa shape index (κ2) is 13.7. The molecular formula is C17H31IN4O2S. The van der Waals surface area contributed by atoms with Crippen molar-refractivity contribution < 1.29 is 9.47 Å². The van der Waals surface area contributed by atoms with E-state index in [1.54, 1.807) is 11.3 Å². The van der Waals surface area contributed by atoms with Gasteiger partial charge in [-0.1, -0.05) is 0 Å². The van der Waals surface area contributed by atoms with Gasteiger partial charge in [-0.2, -0.15) is 0 Å². The molecule has 0 bridgehead atoms. The second-order valence-corrected chi connectivity index (χ2v) is 7.18. The summed E-state index contributed by atoms with van der Waals surface area (Å²) < 4.78 is 11.2. The Hall–Kier alpha value is -0.450. The molecule has 1 aliphatic heterocycles. The molecule has 0 aromatic carbocycles. The number of thiazole rings is 1. The number of aryl methyl sites for hydroxylation is 1. The average Bonchev–Trinajstić information content (AvgIpc) is 3.22. The van der Waals surface area contributed by atoms with Crippen LogP contribution in [0.4, 0.5) is 0 Å². The van der Waals surface area contributed by atoms with Crippen molar-refractivity contribution in [3.8, 4) is 0 Å². The van der Waals surface area contributed by atoms with Crippen molar-refractivity contribution in [1.29, 1.82) is 0 Å². The van der Waals surface area contributed by atoms with Gasteiger partial charge in [-0.05, 0) is 33.1 Å². The minimum atomic E-state index is 0. The molecule has 2 N–H and O–H groups in total. The number of guanidine groups is 1. The summed E-state index contributed by atoms with van der Waals surface area (Å²) in [6.07, 6.45) is 6.38. The van der Waals surface area contributed by atoms with Crippen LogP contribution in [-0.4, -0.2) is 56.5 Å². The molecule has 1 fully saturated rings. The Labute approximate surface area is 172 Å². The number of rotatable bonds is 10. The molecule has 1 saturated heterocycles. The number of hydrogen-bond donors (Lipinski definition) is 2. The maximum absolute atomic E-state index is 5.66. The van der Waals surface area contributed by atoms with Crippen molar-refractivity contribution in [2.24, 2.45) is 4.99 Å². The van der Waals surface area contributed by atoms with Crippen LogP contribution in [0.5, 0.6) is 0 Å². The van der Waals surface area contributed by atoms with Gasteiger partial charge in [0.25, 0.3) is 0 Å². The minimum Gasteiger partial charge on any atom is -0.379 e. The molecule has 0 radical (unpaired) electrons. The zero-order chi connectivity index (χ0) is 17.0. The number of aliphatic imine (C=N–C) groups is 1. The lowest BCUT2D eigenvalue weighted by Crippen LogP contribution is -2.38. The van der Waals surface area contributed by atoms with E-state index in [2.05, 4.69) is 34.5 Å². The first kappa shape index (κ1) is 22.6. The summed E-state index contributed by atoms with van der Waals surface area (Å²) in [7, 11) is 0. The number of nitrogens with zero attached hydrogens (tertiary/aromatic N) is 2. The fraction of sp³-hybridized carbons (Fsp3) is 0.765. The number of halogens is 1. The number of ether oxygens (including phenoxy) is 2. The Kier molecular flexibility index (Phi) is 12.4. The van der Waals surface area contributed by atoms with Gasteiger partial charge < -0.3 is 20.1 Å². The van der Waals surface area contributed by atoms with E-state index in [0.717, 1.165) is 71.1 Å². The lowest BCUT2D eigenvalue weighted by molar-refractivity contribution is 0.0171. The van der Waals surface area contributed by atoms with Gasteiger partial charge in [0.05, 0.1) is 17.7 Å². The largest absolute Gasteiger partial charge is 0.379 e. The van der Waals surface area contributed by atoms with Crippen LogP contribution in [0.1, 0.15) is 36.1 Å². The standard InChI is InChI=1S/C17H30N4O2S.HI/c1-3-18-17(20-9-7-16-21-12-14(2)24-16)19-8-5-10-22-13-15-6-4-11-23-15;/h12,15H,3-11,13H2,1-2H3,(H2,18,19,20);1H. The van der Waals surface area contributed by atoms with E-state index >= 15 is 0 Å². The van der Waals surface area contributed by atoms with Gasteiger partial charge in [0, 0.05) is 50.3 Å². The van der Waals surface area contributed by atoms with Crippen molar-refractivity contribution in [3.05, 3.63) is 16.1 Å². The highest BCUT2D eigenvalue weighted by Crippen LogP contribution is 2.12. The zero-order valence-electron chi connectivity index (χ0n) is 15.3. The lowest BCUT2D eigenvalue weighted by Gasteiger charge is -2.11. The average molecular weight is 482 g/mol. The topological polar surface area (TPSA) is 67.8 Å². The van der Waals surface area contributed by atoms with Gasteiger partial charge in [-0.3, -0.25) is 4.99 Å². The van der Waals surface area contributed by atoms with Gasteiger partial charge in [-0.15, -0.1) is 35.3 Å². The first-order valence-electron chi connectivity index (χ1n) is 8.90. The predicted octanol–water partition coefficient (Wildman–Crippen LogP) is 2.75. The molecule has 6 nitrogen and oxygen atoms in total. The quantitative estimate of drug-likeness (QED) is 0.232. The van der Waals surface area contributed by atoms with Crippen molar-refractivity contribution >= 4 is 41.3 Å². The summed E-state index contributed by atoms with van der Waals surface area (Å²) in [5, 5.41) is 7.79. The molecule has 2 heterocycles. The highest BCUT2D eigenvalue weighted by atomic mass is 127. The lowest BCUT2D eigenvalue weighted by atomic mass is 10.2. The van der Waals surface area contributed by atoms with Crippen LogP contribution < -0.4 is 10.6 Å². The van der Waals surface area contributed by atoms with E-state index in [9.17, 15) is 0 Å². The molecule has 25 heavy (non-hydrogen) atoms. The Balaban J connectivity index is 0.00000312. The highest BCUT2D eigenvalue weighted by molar-refractivity contribution is 14.0. The van der Waals surface area contributed by atoms with Gasteiger partial charge in [0.1, 0.15) is 0 Å². The van der Waals surface area contributed by atoms with E-state index in [0.29, 0.717) is 6.10 Å². The molecule has 0 saturated carbocycles. The maximum Gasteiger partial charge on any atom is 0.191 e. The van der Waals surface area contributed by atoms with Crippen molar-refractivity contribution in [3.63, 3.8) is 0 Å². The highest BCUT2D eigenvalue weighted by Gasteiger charge is 2.14. The second-order valence-electron chi connectivity index (χ2n) is 5.87. The first-order chi connectivity index (χ1) is 11.8. The smallest absolute Gasteiger partial charge is 0.191 e. The van der Waals surface area contributed by atoms with E-state index in [1.807, 2.05) is 6.20 Å². The molecule has 0 spiro atoms. The summed E-state index contributed by atoms with van der Waals surface area (Å²) in [5.74, 6) is 0.866. The molecule has 1 atom stereocenters. The fourth-order valence-corrected chi connectivity index (χ4v) is 3.28. The van der Waals surface area contributed by atoms with Gasteiger partial charge >= 0.3 is 0 Å². The van der Waals surface area contributed by atoms with Crippen LogP contribution in [0.2, 0.25) is 0 Å². The SMILES string of the molecule is CCNC(=NCCCOCC1CCCO1)NCCc1ncc(C)s1.I. The third-order valence-corrected chi connectivity index (χ3v) is 4.66. The normalized spacial score (nSPS) is 17.4. The molecular weight excluding hydrogens is 451 g/mol. The summed E-state index contributed by atoms with van der Waals surface area (Å²) in [5.41, 5.74) is 0. The molecule has 1 aromatic heterocycles. The van der Waals surface area contributed by atoms with Gasteiger partial charge in [0.2, 0.25) is 0 Å². The maximum atomic E-state index is 5.66. The predicted molar refractivity (Wildman–Crippen MR) is 114 cm³/mol. The Morgan fingerprint density at radius 1 is 1.48 bits per heavy atom. The minimum absolute atomic E-state index is 0. The molecule has 0 aliphatic carbocycles. The Morgan fingerprint density at radius 2 is 2.36 bits per heavy atom. The van der Waals surface area contributed by atoms with E-state index in [-0.39, 0.29) is 24.0 Å². The van der Waals surface area contributed by atoms with Crippen molar-refractivity contribution in [1.82, 2.24) is 15.6 Å². The van der Waals surface area contributed by atoms with Crippen LogP contribution in [0.3, 0.4) is 0 Å². The van der Waals surface area contributed by atoms with Crippen LogP contribution in [0.25, 0.3) is 0 Å². The molecule has 1 unspecified atom stereocenters. The molecule has 8 heteroatoms. The molecule has 0 amide bonds. The van der Waals surface area contributed by atoms with Crippen LogP contribution >= 0.6 is 35.3 Å². The number of aromatic nitrogens is 1. The summed E-state index contributed by atoms with van der Waals surface area (Å²) in [6, 6.07) is 0. The van der Waals surface area contributed by atoms with E-state index in [4.69, 9.17) is 9.47 Å².